The minimum absolute atomic E-state index is 0.129. The van der Waals surface area contributed by atoms with E-state index in [2.05, 4.69) is 26.9 Å². The number of hydrogen-bond donors (Lipinski definition) is 2. The molecule has 0 atom stereocenters. The standard InChI is InChI=1S/C17H22N6O2/c1-17(2,3)21-20-15-14(23(24)25)16(19-11-18-15)22-10-6-8-12-7-4-5-9-13(12)22/h4-5,7,9,11,21H,6,8,10H2,1-3H3,(H,18,19,20). The highest BCUT2D eigenvalue weighted by molar-refractivity contribution is 5.77. The molecule has 1 aliphatic heterocycles. The van der Waals surface area contributed by atoms with Gasteiger partial charge in [0.1, 0.15) is 6.33 Å². The zero-order valence-corrected chi connectivity index (χ0v) is 14.6. The summed E-state index contributed by atoms with van der Waals surface area (Å²) >= 11 is 0. The van der Waals surface area contributed by atoms with Crippen LogP contribution in [0.3, 0.4) is 0 Å². The van der Waals surface area contributed by atoms with Gasteiger partial charge in [-0.3, -0.25) is 15.5 Å². The number of para-hydroxylation sites is 1. The van der Waals surface area contributed by atoms with Gasteiger partial charge in [-0.25, -0.2) is 15.4 Å². The molecule has 0 saturated heterocycles. The molecule has 0 amide bonds. The predicted molar refractivity (Wildman–Crippen MR) is 97.0 cm³/mol. The lowest BCUT2D eigenvalue weighted by Crippen LogP contribution is -2.40. The van der Waals surface area contributed by atoms with Gasteiger partial charge in [0, 0.05) is 17.8 Å². The lowest BCUT2D eigenvalue weighted by molar-refractivity contribution is -0.383. The largest absolute Gasteiger partial charge is 0.355 e. The van der Waals surface area contributed by atoms with Gasteiger partial charge in [-0.05, 0) is 45.2 Å². The zero-order valence-electron chi connectivity index (χ0n) is 14.6. The molecular weight excluding hydrogens is 320 g/mol. The van der Waals surface area contributed by atoms with E-state index in [9.17, 15) is 10.1 Å². The number of nitrogens with one attached hydrogen (secondary N) is 2. The first-order chi connectivity index (χ1) is 11.9. The van der Waals surface area contributed by atoms with Crippen molar-refractivity contribution in [3.63, 3.8) is 0 Å². The predicted octanol–water partition coefficient (Wildman–Crippen LogP) is 3.18. The van der Waals surface area contributed by atoms with Gasteiger partial charge in [-0.2, -0.15) is 0 Å². The Labute approximate surface area is 146 Å². The highest BCUT2D eigenvalue weighted by atomic mass is 16.6. The fraction of sp³-hybridized carbons (Fsp3) is 0.412. The number of rotatable bonds is 4. The Morgan fingerprint density at radius 1 is 1.24 bits per heavy atom. The van der Waals surface area contributed by atoms with E-state index in [4.69, 9.17) is 0 Å². The second kappa shape index (κ2) is 6.64. The number of nitrogens with zero attached hydrogens (tertiary/aromatic N) is 4. The number of nitro groups is 1. The van der Waals surface area contributed by atoms with Crippen LogP contribution in [0.25, 0.3) is 0 Å². The van der Waals surface area contributed by atoms with Crippen LogP contribution in [0.5, 0.6) is 0 Å². The Balaban J connectivity index is 2.04. The van der Waals surface area contributed by atoms with Crippen molar-refractivity contribution in [3.05, 3.63) is 46.3 Å². The average Bonchev–Trinajstić information content (AvgIpc) is 2.58. The SMILES string of the molecule is CC(C)(C)NNc1ncnc(N2CCCc3ccccc32)c1[N+](=O)[O-]. The van der Waals surface area contributed by atoms with Crippen LogP contribution in [0.4, 0.5) is 23.0 Å². The molecule has 3 rings (SSSR count). The summed E-state index contributed by atoms with van der Waals surface area (Å²) in [5, 5.41) is 11.8. The summed E-state index contributed by atoms with van der Waals surface area (Å²) in [5.41, 5.74) is 7.63. The number of anilines is 3. The molecule has 8 nitrogen and oxygen atoms in total. The molecule has 0 spiro atoms. The molecule has 25 heavy (non-hydrogen) atoms. The molecule has 1 aromatic heterocycles. The smallest absolute Gasteiger partial charge is 0.320 e. The van der Waals surface area contributed by atoms with Crippen LogP contribution >= 0.6 is 0 Å². The summed E-state index contributed by atoms with van der Waals surface area (Å²) in [5.74, 6) is 0.471. The third kappa shape index (κ3) is 3.69. The molecule has 2 N–H and O–H groups in total. The van der Waals surface area contributed by atoms with E-state index in [1.54, 1.807) is 0 Å². The molecule has 8 heteroatoms. The number of aromatic nitrogens is 2. The highest BCUT2D eigenvalue weighted by Crippen LogP contribution is 2.39. The second-order valence-corrected chi connectivity index (χ2v) is 7.04. The van der Waals surface area contributed by atoms with E-state index in [-0.39, 0.29) is 17.0 Å². The zero-order chi connectivity index (χ0) is 18.0. The molecule has 0 saturated carbocycles. The minimum Gasteiger partial charge on any atom is -0.320 e. The van der Waals surface area contributed by atoms with Gasteiger partial charge >= 0.3 is 5.69 Å². The van der Waals surface area contributed by atoms with E-state index in [1.165, 1.54) is 11.9 Å². The van der Waals surface area contributed by atoms with Crippen molar-refractivity contribution in [1.82, 2.24) is 15.4 Å². The number of hydrogen-bond acceptors (Lipinski definition) is 7. The third-order valence-corrected chi connectivity index (χ3v) is 3.91. The minimum atomic E-state index is -0.431. The maximum Gasteiger partial charge on any atom is 0.355 e. The van der Waals surface area contributed by atoms with Crippen LogP contribution < -0.4 is 15.8 Å². The summed E-state index contributed by atoms with van der Waals surface area (Å²) in [6.07, 6.45) is 3.23. The number of hydrazine groups is 1. The molecule has 2 aromatic rings. The Morgan fingerprint density at radius 3 is 2.72 bits per heavy atom. The van der Waals surface area contributed by atoms with Gasteiger partial charge < -0.3 is 4.90 Å². The molecule has 0 bridgehead atoms. The molecule has 2 heterocycles. The van der Waals surface area contributed by atoms with Crippen LogP contribution in [0.1, 0.15) is 32.8 Å². The summed E-state index contributed by atoms with van der Waals surface area (Å²) < 4.78 is 0. The van der Waals surface area contributed by atoms with Gasteiger partial charge in [0.15, 0.2) is 0 Å². The average molecular weight is 342 g/mol. The van der Waals surface area contributed by atoms with Crippen molar-refractivity contribution in [1.29, 1.82) is 0 Å². The molecule has 0 unspecified atom stereocenters. The van der Waals surface area contributed by atoms with Crippen molar-refractivity contribution in [2.45, 2.75) is 39.2 Å². The van der Waals surface area contributed by atoms with Crippen LogP contribution in [0.2, 0.25) is 0 Å². The van der Waals surface area contributed by atoms with Gasteiger partial charge in [0.2, 0.25) is 11.6 Å². The first-order valence-corrected chi connectivity index (χ1v) is 8.25. The van der Waals surface area contributed by atoms with Crippen molar-refractivity contribution < 1.29 is 4.92 Å². The highest BCUT2D eigenvalue weighted by Gasteiger charge is 2.30. The maximum absolute atomic E-state index is 11.8. The van der Waals surface area contributed by atoms with Crippen molar-refractivity contribution in [3.8, 4) is 0 Å². The Bertz CT molecular complexity index is 787. The topological polar surface area (TPSA) is 96.2 Å². The molecule has 0 radical (unpaired) electrons. The first-order valence-electron chi connectivity index (χ1n) is 8.25. The third-order valence-electron chi connectivity index (χ3n) is 3.91. The van der Waals surface area contributed by atoms with Gasteiger partial charge in [0.25, 0.3) is 0 Å². The van der Waals surface area contributed by atoms with E-state index < -0.39 is 4.92 Å². The fourth-order valence-electron chi connectivity index (χ4n) is 2.83. The fourth-order valence-corrected chi connectivity index (χ4v) is 2.83. The number of aryl methyl sites for hydroxylation is 1. The molecule has 1 aliphatic rings. The lowest BCUT2D eigenvalue weighted by Gasteiger charge is -2.30. The number of benzene rings is 1. The van der Waals surface area contributed by atoms with Crippen LogP contribution in [-0.2, 0) is 6.42 Å². The van der Waals surface area contributed by atoms with E-state index >= 15 is 0 Å². The van der Waals surface area contributed by atoms with Crippen LogP contribution in [0.15, 0.2) is 30.6 Å². The molecule has 0 aliphatic carbocycles. The van der Waals surface area contributed by atoms with Gasteiger partial charge in [0.05, 0.1) is 4.92 Å². The van der Waals surface area contributed by atoms with Crippen molar-refractivity contribution in [2.24, 2.45) is 0 Å². The van der Waals surface area contributed by atoms with Crippen LogP contribution in [0, 0.1) is 10.1 Å². The first kappa shape index (κ1) is 17.1. The maximum atomic E-state index is 11.8. The summed E-state index contributed by atoms with van der Waals surface area (Å²) in [4.78, 5) is 21.5. The van der Waals surface area contributed by atoms with Crippen LogP contribution in [-0.4, -0.2) is 27.0 Å². The Hall–Kier alpha value is -2.74. The van der Waals surface area contributed by atoms with Crippen molar-refractivity contribution >= 4 is 23.0 Å². The summed E-state index contributed by atoms with van der Waals surface area (Å²) in [7, 11) is 0. The van der Waals surface area contributed by atoms with Gasteiger partial charge in [-0.1, -0.05) is 18.2 Å². The molecule has 132 valence electrons. The summed E-state index contributed by atoms with van der Waals surface area (Å²) in [6, 6.07) is 7.94. The second-order valence-electron chi connectivity index (χ2n) is 7.04. The quantitative estimate of drug-likeness (QED) is 0.650. The van der Waals surface area contributed by atoms with E-state index in [0.717, 1.165) is 18.5 Å². The van der Waals surface area contributed by atoms with Gasteiger partial charge in [-0.15, -0.1) is 0 Å². The molecule has 0 fully saturated rings. The molecule has 1 aromatic carbocycles. The molecular formula is C17H22N6O2. The normalized spacial score (nSPS) is 14.1. The van der Waals surface area contributed by atoms with E-state index in [0.29, 0.717) is 12.4 Å². The lowest BCUT2D eigenvalue weighted by atomic mass is 10.0. The number of fused-ring (bicyclic) bond motifs is 1. The Kier molecular flexibility index (Phi) is 4.54. The van der Waals surface area contributed by atoms with E-state index in [1.807, 2.05) is 43.9 Å². The monoisotopic (exact) mass is 342 g/mol. The van der Waals surface area contributed by atoms with Crippen molar-refractivity contribution in [2.75, 3.05) is 16.9 Å². The summed E-state index contributed by atoms with van der Waals surface area (Å²) in [6.45, 7) is 6.54. The Morgan fingerprint density at radius 2 is 2.00 bits per heavy atom.